The van der Waals surface area contributed by atoms with Crippen molar-refractivity contribution in [2.45, 2.75) is 4.21 Å². The van der Waals surface area contributed by atoms with Gasteiger partial charge in [0.2, 0.25) is 0 Å². The molecule has 31 heavy (non-hydrogen) atoms. The Bertz CT molecular complexity index is 1080. The highest BCUT2D eigenvalue weighted by Crippen LogP contribution is 2.26. The lowest BCUT2D eigenvalue weighted by Crippen LogP contribution is -2.25. The zero-order chi connectivity index (χ0) is 22.3. The Kier molecular flexibility index (Phi) is 7.48. The molecule has 0 aliphatic carbocycles. The molecular weight excluding hydrogens is 445 g/mol. The van der Waals surface area contributed by atoms with Gasteiger partial charge < -0.3 is 14.2 Å². The predicted octanol–water partition coefficient (Wildman–Crippen LogP) is 3.71. The molecule has 0 radical (unpaired) electrons. The van der Waals surface area contributed by atoms with Gasteiger partial charge in [0.1, 0.15) is 34.7 Å². The summed E-state index contributed by atoms with van der Waals surface area (Å²) in [6.07, 6.45) is 0. The van der Waals surface area contributed by atoms with Crippen molar-refractivity contribution < 1.29 is 31.8 Å². The van der Waals surface area contributed by atoms with E-state index in [1.54, 1.807) is 41.8 Å². The number of benzene rings is 2. The fourth-order valence-corrected chi connectivity index (χ4v) is 4.82. The van der Waals surface area contributed by atoms with Crippen LogP contribution in [0.15, 0.2) is 70.3 Å². The maximum absolute atomic E-state index is 12.8. The van der Waals surface area contributed by atoms with Crippen LogP contribution in [0.1, 0.15) is 0 Å². The van der Waals surface area contributed by atoms with Crippen LogP contribution in [0, 0.1) is 5.82 Å². The molecule has 0 spiro atoms. The number of hydrogen-bond donors (Lipinski definition) is 0. The minimum absolute atomic E-state index is 0.0177. The first-order valence-corrected chi connectivity index (χ1v) is 11.5. The molecule has 0 atom stereocenters. The Morgan fingerprint density at radius 2 is 1.61 bits per heavy atom. The molecule has 164 valence electrons. The molecule has 3 aromatic rings. The number of ether oxygens (including phenoxy) is 3. The Morgan fingerprint density at radius 1 is 0.968 bits per heavy atom. The molecule has 0 saturated heterocycles. The van der Waals surface area contributed by atoms with Gasteiger partial charge in [-0.3, -0.25) is 4.31 Å². The number of anilines is 1. The molecule has 2 aromatic carbocycles. The van der Waals surface area contributed by atoms with Gasteiger partial charge in [-0.25, -0.2) is 17.6 Å². The summed E-state index contributed by atoms with van der Waals surface area (Å²) >= 11 is 1.14. The summed E-state index contributed by atoms with van der Waals surface area (Å²) in [5, 5.41) is 1.70. The minimum atomic E-state index is -3.62. The minimum Gasteiger partial charge on any atom is -0.490 e. The third kappa shape index (κ3) is 6.19. The van der Waals surface area contributed by atoms with Crippen LogP contribution >= 0.6 is 11.3 Å². The van der Waals surface area contributed by atoms with E-state index in [9.17, 15) is 17.6 Å². The first-order valence-electron chi connectivity index (χ1n) is 9.15. The molecule has 10 heteroatoms. The van der Waals surface area contributed by atoms with Crippen molar-refractivity contribution in [2.75, 3.05) is 31.2 Å². The van der Waals surface area contributed by atoms with Crippen LogP contribution in [0.4, 0.5) is 10.1 Å². The van der Waals surface area contributed by atoms with Crippen LogP contribution in [0.2, 0.25) is 0 Å². The monoisotopic (exact) mass is 465 g/mol. The van der Waals surface area contributed by atoms with Crippen molar-refractivity contribution in [1.82, 2.24) is 0 Å². The molecular formula is C21H20FNO6S2. The zero-order valence-corrected chi connectivity index (χ0v) is 18.2. The van der Waals surface area contributed by atoms with Crippen LogP contribution in [0.5, 0.6) is 11.5 Å². The van der Waals surface area contributed by atoms with Crippen molar-refractivity contribution in [3.05, 3.63) is 71.9 Å². The average Bonchev–Trinajstić information content (AvgIpc) is 3.32. The number of nitrogens with zero attached hydrogens (tertiary/aromatic N) is 1. The molecule has 0 amide bonds. The highest BCUT2D eigenvalue weighted by atomic mass is 32.2. The van der Waals surface area contributed by atoms with Gasteiger partial charge in [0.25, 0.3) is 10.0 Å². The normalized spacial score (nSPS) is 11.0. The van der Waals surface area contributed by atoms with Gasteiger partial charge in [0.15, 0.2) is 6.61 Å². The third-order valence-electron chi connectivity index (χ3n) is 4.10. The van der Waals surface area contributed by atoms with E-state index in [1.807, 2.05) is 0 Å². The number of hydrogen-bond acceptors (Lipinski definition) is 7. The second-order valence-electron chi connectivity index (χ2n) is 6.21. The number of thiophene rings is 1. The van der Waals surface area contributed by atoms with E-state index in [2.05, 4.69) is 0 Å². The molecule has 0 fully saturated rings. The molecule has 1 heterocycles. The van der Waals surface area contributed by atoms with Crippen molar-refractivity contribution in [2.24, 2.45) is 0 Å². The highest BCUT2D eigenvalue weighted by molar-refractivity contribution is 7.94. The number of esters is 1. The van der Waals surface area contributed by atoms with E-state index in [1.165, 1.54) is 35.6 Å². The van der Waals surface area contributed by atoms with Crippen LogP contribution in [-0.2, 0) is 19.6 Å². The number of halogens is 1. The van der Waals surface area contributed by atoms with Gasteiger partial charge in [-0.05, 0) is 60.0 Å². The summed E-state index contributed by atoms with van der Waals surface area (Å²) in [6, 6.07) is 15.0. The van der Waals surface area contributed by atoms with E-state index in [4.69, 9.17) is 14.2 Å². The number of sulfonamides is 1. The van der Waals surface area contributed by atoms with Crippen LogP contribution in [-0.4, -0.2) is 41.3 Å². The average molecular weight is 466 g/mol. The van der Waals surface area contributed by atoms with Crippen LogP contribution in [0.3, 0.4) is 0 Å². The Balaban J connectivity index is 1.42. The summed E-state index contributed by atoms with van der Waals surface area (Å²) in [5.74, 6) is -0.0751. The van der Waals surface area contributed by atoms with Gasteiger partial charge in [-0.2, -0.15) is 0 Å². The zero-order valence-electron chi connectivity index (χ0n) is 16.6. The van der Waals surface area contributed by atoms with Crippen molar-refractivity contribution >= 4 is 33.0 Å². The quantitative estimate of drug-likeness (QED) is 0.335. The summed E-state index contributed by atoms with van der Waals surface area (Å²) in [4.78, 5) is 11.8. The number of carbonyl (C=O) groups is 1. The van der Waals surface area contributed by atoms with Gasteiger partial charge in [-0.1, -0.05) is 6.07 Å². The van der Waals surface area contributed by atoms with Gasteiger partial charge in [0.05, 0.1) is 5.69 Å². The summed E-state index contributed by atoms with van der Waals surface area (Å²) in [5.41, 5.74) is 0.460. The van der Waals surface area contributed by atoms with Gasteiger partial charge in [-0.15, -0.1) is 11.3 Å². The molecule has 0 aliphatic heterocycles. The molecule has 7 nitrogen and oxygen atoms in total. The second-order valence-corrected chi connectivity index (χ2v) is 9.35. The largest absolute Gasteiger partial charge is 0.490 e. The Morgan fingerprint density at radius 3 is 2.26 bits per heavy atom. The van der Waals surface area contributed by atoms with Gasteiger partial charge >= 0.3 is 5.97 Å². The Labute approximate surface area is 183 Å². The van der Waals surface area contributed by atoms with Crippen molar-refractivity contribution in [3.63, 3.8) is 0 Å². The van der Waals surface area contributed by atoms with Gasteiger partial charge in [0, 0.05) is 7.05 Å². The fourth-order valence-electron chi connectivity index (χ4n) is 2.47. The lowest BCUT2D eigenvalue weighted by atomic mass is 10.3. The molecule has 0 N–H and O–H groups in total. The molecule has 3 rings (SSSR count). The molecule has 1 aromatic heterocycles. The predicted molar refractivity (Wildman–Crippen MR) is 115 cm³/mol. The van der Waals surface area contributed by atoms with Crippen molar-refractivity contribution in [1.29, 1.82) is 0 Å². The van der Waals surface area contributed by atoms with E-state index in [-0.39, 0.29) is 29.8 Å². The van der Waals surface area contributed by atoms with Crippen LogP contribution < -0.4 is 13.8 Å². The van der Waals surface area contributed by atoms with Crippen LogP contribution in [0.25, 0.3) is 0 Å². The SMILES string of the molecule is CN(c1ccc(OCC(=O)OCCOc2ccc(F)cc2)cc1)S(=O)(=O)c1cccs1. The van der Waals surface area contributed by atoms with E-state index in [0.29, 0.717) is 17.2 Å². The molecule has 0 bridgehead atoms. The standard InChI is InChI=1S/C21H20FNO6S2/c1-23(31(25,26)21-3-2-14-30-21)17-6-10-19(11-7-17)29-15-20(24)28-13-12-27-18-8-4-16(22)5-9-18/h2-11,14H,12-13,15H2,1H3. The second kappa shape index (κ2) is 10.3. The highest BCUT2D eigenvalue weighted by Gasteiger charge is 2.22. The smallest absolute Gasteiger partial charge is 0.344 e. The summed E-state index contributed by atoms with van der Waals surface area (Å²) in [6.45, 7) is -0.166. The third-order valence-corrected chi connectivity index (χ3v) is 7.25. The first-order chi connectivity index (χ1) is 14.9. The Hall–Kier alpha value is -3.11. The molecule has 0 aliphatic rings. The summed E-state index contributed by atoms with van der Waals surface area (Å²) < 4.78 is 55.0. The molecule has 0 unspecified atom stereocenters. The number of carbonyl (C=O) groups excluding carboxylic acids is 1. The number of rotatable bonds is 10. The maximum Gasteiger partial charge on any atom is 0.344 e. The lowest BCUT2D eigenvalue weighted by molar-refractivity contribution is -0.146. The summed E-state index contributed by atoms with van der Waals surface area (Å²) in [7, 11) is -2.15. The molecule has 0 saturated carbocycles. The van der Waals surface area contributed by atoms with E-state index >= 15 is 0 Å². The topological polar surface area (TPSA) is 82.1 Å². The lowest BCUT2D eigenvalue weighted by Gasteiger charge is -2.18. The fraction of sp³-hybridized carbons (Fsp3) is 0.190. The first kappa shape index (κ1) is 22.6. The van der Waals surface area contributed by atoms with E-state index < -0.39 is 16.0 Å². The van der Waals surface area contributed by atoms with E-state index in [0.717, 1.165) is 11.3 Å². The maximum atomic E-state index is 12.8. The van der Waals surface area contributed by atoms with Crippen molar-refractivity contribution in [3.8, 4) is 11.5 Å².